The van der Waals surface area contributed by atoms with E-state index in [0.29, 0.717) is 18.0 Å². The normalized spacial score (nSPS) is 11.1. The van der Waals surface area contributed by atoms with Crippen molar-refractivity contribution in [1.82, 2.24) is 5.32 Å². The number of sulfonamides is 1. The molecule has 0 fully saturated rings. The minimum atomic E-state index is -3.95. The number of hydrogen-bond donors (Lipinski definition) is 1. The molecule has 1 N–H and O–H groups in total. The average Bonchev–Trinajstić information content (AvgIpc) is 2.84. The first-order valence-corrected chi connectivity index (χ1v) is 13.5. The van der Waals surface area contributed by atoms with Crippen LogP contribution in [0, 0.1) is 13.8 Å². The van der Waals surface area contributed by atoms with Crippen LogP contribution < -0.4 is 14.4 Å². The molecule has 8 heteroatoms. The fourth-order valence-corrected chi connectivity index (χ4v) is 5.46. The molecule has 1 amide bonds. The molecule has 0 saturated heterocycles. The van der Waals surface area contributed by atoms with E-state index in [1.54, 1.807) is 36.0 Å². The standard InChI is InChI=1S/C26H30N2O4S2/c1-20-4-8-22(9-5-20)19-33-17-16-27-26(29)18-28(23-10-6-21(2)7-11-23)34(30,31)25-14-12-24(32-3)13-15-25/h4-15H,16-19H2,1-3H3,(H,27,29). The largest absolute Gasteiger partial charge is 0.497 e. The maximum atomic E-state index is 13.4. The highest BCUT2D eigenvalue weighted by Crippen LogP contribution is 2.25. The Bertz CT molecular complexity index is 1180. The van der Waals surface area contributed by atoms with Gasteiger partial charge in [-0.15, -0.1) is 0 Å². The minimum absolute atomic E-state index is 0.0929. The first-order chi connectivity index (χ1) is 16.3. The third-order valence-electron chi connectivity index (χ3n) is 5.21. The van der Waals surface area contributed by atoms with E-state index in [-0.39, 0.29) is 17.3 Å². The summed E-state index contributed by atoms with van der Waals surface area (Å²) in [5.74, 6) is 1.79. The smallest absolute Gasteiger partial charge is 0.264 e. The van der Waals surface area contributed by atoms with Gasteiger partial charge in [-0.05, 0) is 55.8 Å². The van der Waals surface area contributed by atoms with E-state index in [9.17, 15) is 13.2 Å². The van der Waals surface area contributed by atoms with Gasteiger partial charge in [0.15, 0.2) is 0 Å². The molecule has 0 spiro atoms. The van der Waals surface area contributed by atoms with Crippen LogP contribution in [0.15, 0.2) is 77.7 Å². The molecule has 6 nitrogen and oxygen atoms in total. The predicted octanol–water partition coefficient (Wildman–Crippen LogP) is 4.56. The number of benzene rings is 3. The zero-order chi connectivity index (χ0) is 24.6. The molecule has 0 saturated carbocycles. The van der Waals surface area contributed by atoms with Gasteiger partial charge in [-0.3, -0.25) is 9.10 Å². The molecule has 0 bridgehead atoms. The second kappa shape index (κ2) is 11.9. The number of hydrogen-bond acceptors (Lipinski definition) is 5. The second-order valence-corrected chi connectivity index (χ2v) is 10.9. The summed E-state index contributed by atoms with van der Waals surface area (Å²) < 4.78 is 33.1. The molecular formula is C26H30N2O4S2. The summed E-state index contributed by atoms with van der Waals surface area (Å²) in [5.41, 5.74) is 3.90. The monoisotopic (exact) mass is 498 g/mol. The van der Waals surface area contributed by atoms with Gasteiger partial charge in [0.25, 0.3) is 10.0 Å². The third-order valence-corrected chi connectivity index (χ3v) is 8.03. The van der Waals surface area contributed by atoms with E-state index < -0.39 is 10.0 Å². The Labute approximate surface area is 206 Å². The summed E-state index contributed by atoms with van der Waals surface area (Å²) >= 11 is 1.72. The third kappa shape index (κ3) is 7.01. The number of amides is 1. The Morgan fingerprint density at radius 3 is 2.09 bits per heavy atom. The zero-order valence-corrected chi connectivity index (χ0v) is 21.3. The van der Waals surface area contributed by atoms with Crippen molar-refractivity contribution in [2.45, 2.75) is 24.5 Å². The van der Waals surface area contributed by atoms with Crippen molar-refractivity contribution in [3.8, 4) is 5.75 Å². The zero-order valence-electron chi connectivity index (χ0n) is 19.7. The molecule has 0 aliphatic heterocycles. The van der Waals surface area contributed by atoms with Gasteiger partial charge in [-0.1, -0.05) is 47.5 Å². The van der Waals surface area contributed by atoms with Gasteiger partial charge in [0, 0.05) is 18.1 Å². The molecule has 0 atom stereocenters. The van der Waals surface area contributed by atoms with Crippen molar-refractivity contribution in [3.63, 3.8) is 0 Å². The molecule has 0 aliphatic carbocycles. The maximum Gasteiger partial charge on any atom is 0.264 e. The Hall–Kier alpha value is -2.97. The summed E-state index contributed by atoms with van der Waals surface area (Å²) in [7, 11) is -2.43. The molecule has 34 heavy (non-hydrogen) atoms. The Balaban J connectivity index is 1.64. The lowest BCUT2D eigenvalue weighted by molar-refractivity contribution is -0.119. The first-order valence-electron chi connectivity index (χ1n) is 10.9. The van der Waals surface area contributed by atoms with Crippen LogP contribution in [0.1, 0.15) is 16.7 Å². The second-order valence-electron chi connectivity index (χ2n) is 7.91. The molecule has 3 rings (SSSR count). The molecule has 0 aromatic heterocycles. The van der Waals surface area contributed by atoms with Crippen LogP contribution in [0.5, 0.6) is 5.75 Å². The summed E-state index contributed by atoms with van der Waals surface area (Å²) in [6, 6.07) is 21.6. The van der Waals surface area contributed by atoms with Crippen molar-refractivity contribution in [2.75, 3.05) is 30.3 Å². The van der Waals surface area contributed by atoms with Crippen molar-refractivity contribution < 1.29 is 17.9 Å². The van der Waals surface area contributed by atoms with Crippen LogP contribution in [0.2, 0.25) is 0 Å². The minimum Gasteiger partial charge on any atom is -0.497 e. The lowest BCUT2D eigenvalue weighted by Gasteiger charge is -2.24. The topological polar surface area (TPSA) is 75.7 Å². The lowest BCUT2D eigenvalue weighted by atomic mass is 10.2. The molecule has 0 aliphatic rings. The molecule has 180 valence electrons. The Morgan fingerprint density at radius 1 is 0.912 bits per heavy atom. The number of ether oxygens (including phenoxy) is 1. The number of methoxy groups -OCH3 is 1. The van der Waals surface area contributed by atoms with E-state index in [4.69, 9.17) is 4.74 Å². The molecule has 3 aromatic carbocycles. The van der Waals surface area contributed by atoms with Crippen molar-refractivity contribution in [1.29, 1.82) is 0 Å². The van der Waals surface area contributed by atoms with E-state index in [2.05, 4.69) is 36.5 Å². The van der Waals surface area contributed by atoms with Crippen LogP contribution in [0.3, 0.4) is 0 Å². The van der Waals surface area contributed by atoms with Crippen LogP contribution >= 0.6 is 11.8 Å². The van der Waals surface area contributed by atoms with Gasteiger partial charge in [-0.25, -0.2) is 8.42 Å². The molecule has 0 radical (unpaired) electrons. The van der Waals surface area contributed by atoms with Crippen LogP contribution in [0.4, 0.5) is 5.69 Å². The maximum absolute atomic E-state index is 13.4. The number of thioether (sulfide) groups is 1. The number of carbonyl (C=O) groups is 1. The number of carbonyl (C=O) groups excluding carboxylic acids is 1. The fourth-order valence-electron chi connectivity index (χ4n) is 3.22. The van der Waals surface area contributed by atoms with Crippen molar-refractivity contribution in [3.05, 3.63) is 89.5 Å². The predicted molar refractivity (Wildman–Crippen MR) is 139 cm³/mol. The van der Waals surface area contributed by atoms with E-state index in [1.165, 1.54) is 30.4 Å². The van der Waals surface area contributed by atoms with Crippen LogP contribution in [0.25, 0.3) is 0 Å². The molecule has 3 aromatic rings. The van der Waals surface area contributed by atoms with Gasteiger partial charge in [0.1, 0.15) is 12.3 Å². The highest BCUT2D eigenvalue weighted by molar-refractivity contribution is 7.98. The van der Waals surface area contributed by atoms with E-state index in [0.717, 1.165) is 21.4 Å². The Kier molecular flexibility index (Phi) is 9.01. The van der Waals surface area contributed by atoms with Crippen molar-refractivity contribution >= 4 is 33.4 Å². The average molecular weight is 499 g/mol. The summed E-state index contributed by atoms with van der Waals surface area (Å²) in [6.07, 6.45) is 0. The van der Waals surface area contributed by atoms with Gasteiger partial charge in [-0.2, -0.15) is 11.8 Å². The lowest BCUT2D eigenvalue weighted by Crippen LogP contribution is -2.41. The van der Waals surface area contributed by atoms with Gasteiger partial charge in [0.05, 0.1) is 17.7 Å². The van der Waals surface area contributed by atoms with Crippen molar-refractivity contribution in [2.24, 2.45) is 0 Å². The summed E-state index contributed by atoms with van der Waals surface area (Å²) in [6.45, 7) is 4.13. The van der Waals surface area contributed by atoms with E-state index in [1.807, 2.05) is 19.1 Å². The van der Waals surface area contributed by atoms with Crippen LogP contribution in [-0.2, 0) is 20.6 Å². The molecular weight excluding hydrogens is 468 g/mol. The number of nitrogens with zero attached hydrogens (tertiary/aromatic N) is 1. The summed E-state index contributed by atoms with van der Waals surface area (Å²) in [5, 5.41) is 2.85. The van der Waals surface area contributed by atoms with Gasteiger partial charge >= 0.3 is 0 Å². The number of aryl methyl sites for hydroxylation is 2. The first kappa shape index (κ1) is 25.6. The van der Waals surface area contributed by atoms with Crippen LogP contribution in [-0.4, -0.2) is 40.3 Å². The van der Waals surface area contributed by atoms with Gasteiger partial charge < -0.3 is 10.1 Å². The highest BCUT2D eigenvalue weighted by Gasteiger charge is 2.27. The number of nitrogens with one attached hydrogen (secondary N) is 1. The number of rotatable bonds is 11. The Morgan fingerprint density at radius 2 is 1.50 bits per heavy atom. The molecule has 0 unspecified atom stereocenters. The highest BCUT2D eigenvalue weighted by atomic mass is 32.2. The fraction of sp³-hybridized carbons (Fsp3) is 0.269. The SMILES string of the molecule is COc1ccc(S(=O)(=O)N(CC(=O)NCCSCc2ccc(C)cc2)c2ccc(C)cc2)cc1. The number of anilines is 1. The summed E-state index contributed by atoms with van der Waals surface area (Å²) in [4.78, 5) is 12.8. The van der Waals surface area contributed by atoms with E-state index >= 15 is 0 Å². The van der Waals surface area contributed by atoms with Gasteiger partial charge in [0.2, 0.25) is 5.91 Å². The molecule has 0 heterocycles. The quantitative estimate of drug-likeness (QED) is 0.393.